The van der Waals surface area contributed by atoms with Gasteiger partial charge in [-0.3, -0.25) is 4.18 Å². The second-order valence-electron chi connectivity index (χ2n) is 5.19. The fourth-order valence-electron chi connectivity index (χ4n) is 2.06. The van der Waals surface area contributed by atoms with Gasteiger partial charge in [0.15, 0.2) is 0 Å². The van der Waals surface area contributed by atoms with E-state index in [4.69, 9.17) is 4.18 Å². The molecule has 4 heteroatoms. The van der Waals surface area contributed by atoms with Crippen molar-refractivity contribution in [3.05, 3.63) is 65.7 Å². The first kappa shape index (κ1) is 15.7. The highest BCUT2D eigenvalue weighted by atomic mass is 32.2. The molecule has 0 spiro atoms. The highest BCUT2D eigenvalue weighted by Crippen LogP contribution is 2.20. The van der Waals surface area contributed by atoms with Gasteiger partial charge in [0.1, 0.15) is 0 Å². The molecule has 2 aromatic carbocycles. The highest BCUT2D eigenvalue weighted by Gasteiger charge is 2.15. The van der Waals surface area contributed by atoms with E-state index in [1.54, 1.807) is 24.3 Å². The lowest BCUT2D eigenvalue weighted by Crippen LogP contribution is -2.09. The number of hydrogen-bond acceptors (Lipinski definition) is 3. The van der Waals surface area contributed by atoms with Crippen LogP contribution in [0.2, 0.25) is 0 Å². The van der Waals surface area contributed by atoms with Crippen LogP contribution in [0.1, 0.15) is 30.4 Å². The number of benzene rings is 2. The molecule has 21 heavy (non-hydrogen) atoms. The maximum Gasteiger partial charge on any atom is 0.296 e. The average molecular weight is 304 g/mol. The van der Waals surface area contributed by atoms with Gasteiger partial charge in [0.25, 0.3) is 10.1 Å². The Hall–Kier alpha value is -1.65. The van der Waals surface area contributed by atoms with Crippen molar-refractivity contribution >= 4 is 10.1 Å². The third-order valence-electron chi connectivity index (χ3n) is 3.47. The average Bonchev–Trinajstić information content (AvgIpc) is 2.48. The van der Waals surface area contributed by atoms with Crippen LogP contribution in [0.25, 0.3) is 0 Å². The SMILES string of the molecule is Cc1ccc(S(=O)(=O)OCC[C@H](C)c2ccccc2)cc1. The van der Waals surface area contributed by atoms with Crippen LogP contribution in [-0.4, -0.2) is 15.0 Å². The van der Waals surface area contributed by atoms with Crippen LogP contribution >= 0.6 is 0 Å². The Morgan fingerprint density at radius 3 is 2.24 bits per heavy atom. The van der Waals surface area contributed by atoms with Crippen LogP contribution in [0.5, 0.6) is 0 Å². The second-order valence-corrected chi connectivity index (χ2v) is 6.80. The van der Waals surface area contributed by atoms with E-state index in [-0.39, 0.29) is 17.4 Å². The molecule has 2 rings (SSSR count). The maximum atomic E-state index is 12.0. The van der Waals surface area contributed by atoms with E-state index in [2.05, 4.69) is 6.92 Å². The Morgan fingerprint density at radius 1 is 1.00 bits per heavy atom. The molecule has 0 aliphatic heterocycles. The van der Waals surface area contributed by atoms with Gasteiger partial charge in [-0.1, -0.05) is 55.0 Å². The zero-order valence-corrected chi connectivity index (χ0v) is 13.1. The van der Waals surface area contributed by atoms with Crippen molar-refractivity contribution in [2.45, 2.75) is 31.1 Å². The van der Waals surface area contributed by atoms with E-state index >= 15 is 0 Å². The largest absolute Gasteiger partial charge is 0.296 e. The van der Waals surface area contributed by atoms with Crippen LogP contribution in [0, 0.1) is 6.92 Å². The molecule has 0 bridgehead atoms. The zero-order chi connectivity index (χ0) is 15.3. The Bertz CT molecular complexity index is 661. The van der Waals surface area contributed by atoms with Gasteiger partial charge in [-0.05, 0) is 37.0 Å². The van der Waals surface area contributed by atoms with Gasteiger partial charge in [0.05, 0.1) is 11.5 Å². The van der Waals surface area contributed by atoms with Gasteiger partial charge in [0, 0.05) is 0 Å². The summed E-state index contributed by atoms with van der Waals surface area (Å²) in [5.74, 6) is 0.263. The van der Waals surface area contributed by atoms with Gasteiger partial charge in [0.2, 0.25) is 0 Å². The lowest BCUT2D eigenvalue weighted by Gasteiger charge is -2.12. The Morgan fingerprint density at radius 2 is 1.62 bits per heavy atom. The monoisotopic (exact) mass is 304 g/mol. The van der Waals surface area contributed by atoms with Crippen molar-refractivity contribution in [3.8, 4) is 0 Å². The summed E-state index contributed by atoms with van der Waals surface area (Å²) in [5.41, 5.74) is 2.21. The molecular formula is C17H20O3S. The summed E-state index contributed by atoms with van der Waals surface area (Å²) in [7, 11) is -3.65. The predicted octanol–water partition coefficient (Wildman–Crippen LogP) is 3.89. The number of rotatable bonds is 6. The summed E-state index contributed by atoms with van der Waals surface area (Å²) in [6, 6.07) is 16.7. The quantitative estimate of drug-likeness (QED) is 0.760. The van der Waals surface area contributed by atoms with Crippen molar-refractivity contribution in [2.24, 2.45) is 0 Å². The molecule has 0 amide bonds. The van der Waals surface area contributed by atoms with Crippen molar-refractivity contribution in [1.29, 1.82) is 0 Å². The summed E-state index contributed by atoms with van der Waals surface area (Å²) < 4.78 is 29.2. The third kappa shape index (κ3) is 4.41. The van der Waals surface area contributed by atoms with Crippen LogP contribution in [0.4, 0.5) is 0 Å². The van der Waals surface area contributed by atoms with Gasteiger partial charge >= 0.3 is 0 Å². The summed E-state index contributed by atoms with van der Waals surface area (Å²) in [5, 5.41) is 0. The number of hydrogen-bond donors (Lipinski definition) is 0. The molecule has 0 unspecified atom stereocenters. The van der Waals surface area contributed by atoms with E-state index in [1.165, 1.54) is 5.56 Å². The summed E-state index contributed by atoms with van der Waals surface area (Å²) in [4.78, 5) is 0.209. The predicted molar refractivity (Wildman–Crippen MR) is 83.8 cm³/mol. The Labute approximate surface area is 126 Å². The first-order chi connectivity index (χ1) is 9.99. The van der Waals surface area contributed by atoms with Crippen LogP contribution in [0.15, 0.2) is 59.5 Å². The number of aryl methyl sites for hydroxylation is 1. The van der Waals surface area contributed by atoms with E-state index in [0.717, 1.165) is 5.56 Å². The van der Waals surface area contributed by atoms with E-state index in [9.17, 15) is 8.42 Å². The molecule has 1 atom stereocenters. The molecule has 112 valence electrons. The van der Waals surface area contributed by atoms with E-state index < -0.39 is 10.1 Å². The molecule has 0 N–H and O–H groups in total. The summed E-state index contributed by atoms with van der Waals surface area (Å²) >= 11 is 0. The molecule has 0 aromatic heterocycles. The van der Waals surface area contributed by atoms with Gasteiger partial charge in [-0.15, -0.1) is 0 Å². The topological polar surface area (TPSA) is 43.4 Å². The third-order valence-corrected chi connectivity index (χ3v) is 4.79. The standard InChI is InChI=1S/C17H20O3S/c1-14-8-10-17(11-9-14)21(18,19)20-13-12-15(2)16-6-4-3-5-7-16/h3-11,15H,12-13H2,1-2H3/t15-/m0/s1. The molecule has 0 heterocycles. The van der Waals surface area contributed by atoms with Gasteiger partial charge in [-0.2, -0.15) is 8.42 Å². The normalized spacial score (nSPS) is 13.0. The minimum absolute atomic E-state index is 0.187. The van der Waals surface area contributed by atoms with Crippen LogP contribution < -0.4 is 0 Å². The zero-order valence-electron chi connectivity index (χ0n) is 12.3. The Balaban J connectivity index is 1.92. The lowest BCUT2D eigenvalue weighted by atomic mass is 9.99. The van der Waals surface area contributed by atoms with E-state index in [1.807, 2.05) is 37.3 Å². The fraction of sp³-hybridized carbons (Fsp3) is 0.294. The minimum Gasteiger partial charge on any atom is -0.266 e. The second kappa shape index (κ2) is 6.87. The first-order valence-corrected chi connectivity index (χ1v) is 8.41. The Kier molecular flexibility index (Phi) is 5.15. The van der Waals surface area contributed by atoms with Crippen molar-refractivity contribution in [2.75, 3.05) is 6.61 Å². The molecule has 3 nitrogen and oxygen atoms in total. The van der Waals surface area contributed by atoms with Crippen molar-refractivity contribution < 1.29 is 12.6 Å². The van der Waals surface area contributed by atoms with Crippen molar-refractivity contribution in [1.82, 2.24) is 0 Å². The van der Waals surface area contributed by atoms with Crippen molar-refractivity contribution in [3.63, 3.8) is 0 Å². The summed E-state index contributed by atoms with van der Waals surface area (Å²) in [6.45, 7) is 4.17. The van der Waals surface area contributed by atoms with Crippen LogP contribution in [0.3, 0.4) is 0 Å². The fourth-order valence-corrected chi connectivity index (χ4v) is 2.98. The first-order valence-electron chi connectivity index (χ1n) is 7.00. The molecule has 0 saturated heterocycles. The maximum absolute atomic E-state index is 12.0. The van der Waals surface area contributed by atoms with E-state index in [0.29, 0.717) is 6.42 Å². The van der Waals surface area contributed by atoms with Crippen LogP contribution in [-0.2, 0) is 14.3 Å². The summed E-state index contributed by atoms with van der Waals surface area (Å²) in [6.07, 6.45) is 0.662. The molecule has 2 aromatic rings. The van der Waals surface area contributed by atoms with Gasteiger partial charge < -0.3 is 0 Å². The smallest absolute Gasteiger partial charge is 0.266 e. The highest BCUT2D eigenvalue weighted by molar-refractivity contribution is 7.86. The molecule has 0 aliphatic rings. The lowest BCUT2D eigenvalue weighted by molar-refractivity contribution is 0.303. The minimum atomic E-state index is -3.65. The molecule has 0 saturated carbocycles. The molecular weight excluding hydrogens is 284 g/mol. The molecule has 0 aliphatic carbocycles. The molecule has 0 radical (unpaired) electrons. The van der Waals surface area contributed by atoms with Gasteiger partial charge in [-0.25, -0.2) is 0 Å². The molecule has 0 fully saturated rings.